The van der Waals surface area contributed by atoms with Crippen molar-refractivity contribution >= 4 is 87.8 Å². The third-order valence-corrected chi connectivity index (χ3v) is 10.1. The summed E-state index contributed by atoms with van der Waals surface area (Å²) < 4.78 is 14.1. The standard InChI is InChI=1S/C44H51N15O9/c1-9-68-37(62)13-12-30-15-26(19-54(30)3)47-41(64)32-17-28(21-56(32)5)50-44(67)39-53-35(24-59(39)8)51-36(61)11-10-14-45-40(63)31-16-27(20-55(31)4)48-42(65)33-18-29(22-57(33)6)49-43(66)38-52-34(23-58(38)7)46-25(2)60/h12-13,15-24H,9-11,14H2,1-8H3,(H,45,63)(H,46,60)(H,47,64)(H,48,65)(H,49,66)(H,50,67)(H,51,61)/b13-12+. The SMILES string of the molecule is CCOC(=O)/C=C/c1cc(NC(=O)c2cc(NC(=O)c3nc(NC(=O)CCCNC(=O)c4cc(NC(=O)c5cc(NC(=O)c6nc(NC(C)=O)cn6C)cn5C)cn4C)cn3C)cn2C)cn1C. The normalized spacial score (nSPS) is 11.0. The van der Waals surface area contributed by atoms with Crippen LogP contribution in [0, 0.1) is 0 Å². The molecule has 7 amide bonds. The number of aromatic nitrogens is 8. The van der Waals surface area contributed by atoms with Gasteiger partial charge < -0.3 is 69.4 Å². The summed E-state index contributed by atoms with van der Waals surface area (Å²) >= 11 is 0. The number of nitrogens with one attached hydrogen (secondary N) is 7. The van der Waals surface area contributed by atoms with E-state index in [0.29, 0.717) is 28.4 Å². The molecule has 24 nitrogen and oxygen atoms in total. The quantitative estimate of drug-likeness (QED) is 0.0373. The van der Waals surface area contributed by atoms with Gasteiger partial charge in [0.1, 0.15) is 17.1 Å². The Bertz CT molecular complexity index is 2970. The fourth-order valence-electron chi connectivity index (χ4n) is 6.90. The zero-order valence-electron chi connectivity index (χ0n) is 38.5. The van der Waals surface area contributed by atoms with Crippen LogP contribution in [0.2, 0.25) is 0 Å². The minimum atomic E-state index is -0.588. The Balaban J connectivity index is 0.940. The second kappa shape index (κ2) is 20.9. The zero-order valence-corrected chi connectivity index (χ0v) is 38.5. The number of rotatable bonds is 18. The van der Waals surface area contributed by atoms with Crippen LogP contribution in [-0.2, 0) is 61.4 Å². The van der Waals surface area contributed by atoms with E-state index < -0.39 is 41.4 Å². The van der Waals surface area contributed by atoms with Crippen molar-refractivity contribution in [3.05, 3.63) is 102 Å². The summed E-state index contributed by atoms with van der Waals surface area (Å²) in [6.45, 7) is 3.44. The molecule has 6 rings (SSSR count). The highest BCUT2D eigenvalue weighted by Crippen LogP contribution is 2.21. The molecule has 6 aromatic rings. The molecule has 0 spiro atoms. The van der Waals surface area contributed by atoms with Gasteiger partial charge in [0.25, 0.3) is 29.5 Å². The number of imidazole rings is 2. The van der Waals surface area contributed by atoms with E-state index in [2.05, 4.69) is 47.2 Å². The summed E-state index contributed by atoms with van der Waals surface area (Å²) in [6.07, 6.45) is 12.5. The van der Waals surface area contributed by atoms with Crippen LogP contribution in [0.1, 0.15) is 85.1 Å². The molecule has 0 atom stereocenters. The zero-order chi connectivity index (χ0) is 49.4. The average Bonchev–Trinajstić information content (AvgIpc) is 4.12. The number of ether oxygens (including phenoxy) is 1. The van der Waals surface area contributed by atoms with Gasteiger partial charge in [-0.15, -0.1) is 0 Å². The lowest BCUT2D eigenvalue weighted by molar-refractivity contribution is -0.137. The Kier molecular flexibility index (Phi) is 14.9. The maximum atomic E-state index is 13.2. The maximum Gasteiger partial charge on any atom is 0.330 e. The summed E-state index contributed by atoms with van der Waals surface area (Å²) in [5.74, 6) is -3.35. The molecule has 7 N–H and O–H groups in total. The number of carbonyl (C=O) groups is 8. The first-order valence-electron chi connectivity index (χ1n) is 21.0. The van der Waals surface area contributed by atoms with Gasteiger partial charge in [-0.3, -0.25) is 33.6 Å². The van der Waals surface area contributed by atoms with Crippen molar-refractivity contribution in [2.75, 3.05) is 45.1 Å². The largest absolute Gasteiger partial charge is 0.463 e. The molecule has 356 valence electrons. The Labute approximate surface area is 388 Å². The number of nitrogens with zero attached hydrogens (tertiary/aromatic N) is 8. The molecule has 0 aliphatic carbocycles. The predicted molar refractivity (Wildman–Crippen MR) is 250 cm³/mol. The molecular weight excluding hydrogens is 883 g/mol. The third-order valence-electron chi connectivity index (χ3n) is 10.1. The molecule has 0 fully saturated rings. The van der Waals surface area contributed by atoms with Gasteiger partial charge in [0.15, 0.2) is 11.6 Å². The molecular formula is C44H51N15O9. The summed E-state index contributed by atoms with van der Waals surface area (Å²) in [7, 11) is 9.87. The van der Waals surface area contributed by atoms with E-state index in [1.54, 1.807) is 95.3 Å². The van der Waals surface area contributed by atoms with Crippen molar-refractivity contribution in [3.63, 3.8) is 0 Å². The molecule has 0 radical (unpaired) electrons. The minimum Gasteiger partial charge on any atom is -0.463 e. The number of amides is 7. The van der Waals surface area contributed by atoms with Crippen LogP contribution in [0.15, 0.2) is 67.5 Å². The molecule has 0 aliphatic rings. The lowest BCUT2D eigenvalue weighted by Crippen LogP contribution is -2.27. The Morgan fingerprint density at radius 1 is 0.544 bits per heavy atom. The van der Waals surface area contributed by atoms with Crippen molar-refractivity contribution < 1.29 is 43.1 Å². The number of hydrogen-bond donors (Lipinski definition) is 7. The number of carbonyl (C=O) groups excluding carboxylic acids is 8. The van der Waals surface area contributed by atoms with Crippen LogP contribution in [0.4, 0.5) is 34.4 Å². The molecule has 0 unspecified atom stereocenters. The lowest BCUT2D eigenvalue weighted by Gasteiger charge is -2.06. The molecule has 0 saturated carbocycles. The highest BCUT2D eigenvalue weighted by molar-refractivity contribution is 6.08. The summed E-state index contributed by atoms with van der Waals surface area (Å²) in [6, 6.07) is 6.17. The fraction of sp³-hybridized carbons (Fsp3) is 0.273. The molecule has 0 aliphatic heterocycles. The van der Waals surface area contributed by atoms with Crippen molar-refractivity contribution in [1.82, 2.24) is 42.7 Å². The number of aryl methyl sites for hydroxylation is 6. The highest BCUT2D eigenvalue weighted by atomic mass is 16.5. The van der Waals surface area contributed by atoms with Gasteiger partial charge in [-0.05, 0) is 43.7 Å². The average molecular weight is 934 g/mol. The van der Waals surface area contributed by atoms with E-state index in [4.69, 9.17) is 4.74 Å². The number of esters is 1. The van der Waals surface area contributed by atoms with Crippen LogP contribution in [0.5, 0.6) is 0 Å². The van der Waals surface area contributed by atoms with Gasteiger partial charge in [0, 0.05) is 111 Å². The van der Waals surface area contributed by atoms with Crippen molar-refractivity contribution in [2.45, 2.75) is 26.7 Å². The third kappa shape index (κ3) is 12.0. The first-order valence-corrected chi connectivity index (χ1v) is 21.0. The summed E-state index contributed by atoms with van der Waals surface area (Å²) in [4.78, 5) is 110. The fourth-order valence-corrected chi connectivity index (χ4v) is 6.90. The maximum absolute atomic E-state index is 13.2. The van der Waals surface area contributed by atoms with Crippen LogP contribution in [0.3, 0.4) is 0 Å². The van der Waals surface area contributed by atoms with Crippen LogP contribution < -0.4 is 37.2 Å². The first-order chi connectivity index (χ1) is 32.3. The summed E-state index contributed by atoms with van der Waals surface area (Å²) in [5, 5.41) is 18.9. The van der Waals surface area contributed by atoms with Crippen molar-refractivity contribution in [2.24, 2.45) is 42.3 Å². The van der Waals surface area contributed by atoms with Gasteiger partial charge in [0.2, 0.25) is 23.5 Å². The Morgan fingerprint density at radius 2 is 0.985 bits per heavy atom. The van der Waals surface area contributed by atoms with E-state index >= 15 is 0 Å². The molecule has 6 heterocycles. The van der Waals surface area contributed by atoms with Crippen molar-refractivity contribution in [3.8, 4) is 0 Å². The minimum absolute atomic E-state index is 0.00764. The first kappa shape index (κ1) is 48.5. The van der Waals surface area contributed by atoms with Gasteiger partial charge in [-0.1, -0.05) is 0 Å². The number of anilines is 6. The van der Waals surface area contributed by atoms with E-state index in [9.17, 15) is 38.4 Å². The van der Waals surface area contributed by atoms with Gasteiger partial charge in [-0.25, -0.2) is 14.8 Å². The van der Waals surface area contributed by atoms with E-state index in [0.717, 1.165) is 0 Å². The topological polar surface area (TPSA) is 285 Å². The van der Waals surface area contributed by atoms with Crippen LogP contribution in [-0.4, -0.2) is 97.8 Å². The van der Waals surface area contributed by atoms with E-state index in [1.165, 1.54) is 61.9 Å². The highest BCUT2D eigenvalue weighted by Gasteiger charge is 2.22. The smallest absolute Gasteiger partial charge is 0.330 e. The molecule has 0 aromatic carbocycles. The van der Waals surface area contributed by atoms with Crippen LogP contribution >= 0.6 is 0 Å². The van der Waals surface area contributed by atoms with Gasteiger partial charge in [-0.2, -0.15) is 0 Å². The van der Waals surface area contributed by atoms with E-state index in [1.807, 2.05) is 0 Å². The Hall–Kier alpha value is -8.96. The summed E-state index contributed by atoms with van der Waals surface area (Å²) in [5.41, 5.74) is 2.86. The number of hydrogen-bond acceptors (Lipinski definition) is 11. The monoisotopic (exact) mass is 933 g/mol. The lowest BCUT2D eigenvalue weighted by atomic mass is 10.3. The molecule has 68 heavy (non-hydrogen) atoms. The van der Waals surface area contributed by atoms with Gasteiger partial charge >= 0.3 is 5.97 Å². The molecule has 24 heteroatoms. The molecule has 0 saturated heterocycles. The van der Waals surface area contributed by atoms with Crippen LogP contribution in [0.25, 0.3) is 6.08 Å². The van der Waals surface area contributed by atoms with E-state index in [-0.39, 0.29) is 72.3 Å². The van der Waals surface area contributed by atoms with Gasteiger partial charge in [0.05, 0.1) is 29.4 Å². The van der Waals surface area contributed by atoms with Crippen molar-refractivity contribution in [1.29, 1.82) is 0 Å². The molecule has 0 bridgehead atoms. The molecule has 6 aromatic heterocycles. The predicted octanol–water partition coefficient (Wildman–Crippen LogP) is 3.20. The Morgan fingerprint density at radius 3 is 1.47 bits per heavy atom. The second-order valence-corrected chi connectivity index (χ2v) is 15.6. The second-order valence-electron chi connectivity index (χ2n) is 15.6.